The molecular formula is C24H26F3N5O3. The lowest BCUT2D eigenvalue weighted by molar-refractivity contribution is -0.118. The number of halogens is 3. The quantitative estimate of drug-likeness (QED) is 0.274. The van der Waals surface area contributed by atoms with Crippen molar-refractivity contribution < 1.29 is 27.0 Å². The molecular weight excluding hydrogens is 463 g/mol. The molecule has 1 aliphatic rings. The molecule has 0 aliphatic heterocycles. The van der Waals surface area contributed by atoms with Crippen molar-refractivity contribution in [2.24, 2.45) is 0 Å². The number of amides is 1. The number of benzene rings is 1. The second kappa shape index (κ2) is 11.3. The van der Waals surface area contributed by atoms with Gasteiger partial charge in [-0.25, -0.2) is 13.2 Å². The Bertz CT molecular complexity index is 1160. The van der Waals surface area contributed by atoms with Crippen LogP contribution in [0.25, 0.3) is 11.4 Å². The maximum absolute atomic E-state index is 13.2. The monoisotopic (exact) mass is 489 g/mol. The van der Waals surface area contributed by atoms with Crippen LogP contribution in [0.1, 0.15) is 74.9 Å². The van der Waals surface area contributed by atoms with Gasteiger partial charge in [-0.05, 0) is 37.8 Å². The summed E-state index contributed by atoms with van der Waals surface area (Å²) in [4.78, 5) is 22.6. The first-order valence-corrected chi connectivity index (χ1v) is 11.6. The summed E-state index contributed by atoms with van der Waals surface area (Å²) in [7, 11) is 0. The highest BCUT2D eigenvalue weighted by Crippen LogP contribution is 2.39. The van der Waals surface area contributed by atoms with Crippen LogP contribution in [0.5, 0.6) is 0 Å². The van der Waals surface area contributed by atoms with Crippen LogP contribution in [-0.4, -0.2) is 32.7 Å². The summed E-state index contributed by atoms with van der Waals surface area (Å²) in [5.74, 6) is 0.188. The van der Waals surface area contributed by atoms with Crippen molar-refractivity contribution in [3.8, 4) is 11.4 Å². The number of unbranched alkanes of at least 4 members (excludes halogenated alkanes) is 2. The number of aryl methyl sites for hydroxylation is 1. The van der Waals surface area contributed by atoms with Crippen molar-refractivity contribution >= 4 is 11.6 Å². The van der Waals surface area contributed by atoms with E-state index in [1.165, 1.54) is 0 Å². The molecule has 1 saturated carbocycles. The number of allylic oxidation sites excluding steroid dienone is 1. The molecule has 0 bridgehead atoms. The average molecular weight is 489 g/mol. The van der Waals surface area contributed by atoms with Crippen LogP contribution in [0.2, 0.25) is 0 Å². The molecule has 0 N–H and O–H groups in total. The molecule has 186 valence electrons. The number of carbonyl (C=O) groups excluding carboxylic acids is 1. The molecule has 8 nitrogen and oxygen atoms in total. The van der Waals surface area contributed by atoms with E-state index in [1.807, 2.05) is 18.2 Å². The molecule has 3 aromatic rings. The Morgan fingerprint density at radius 3 is 2.66 bits per heavy atom. The van der Waals surface area contributed by atoms with Crippen LogP contribution < -0.4 is 4.90 Å². The van der Waals surface area contributed by atoms with E-state index in [9.17, 15) is 18.0 Å². The van der Waals surface area contributed by atoms with Crippen LogP contribution in [0.4, 0.5) is 18.9 Å². The van der Waals surface area contributed by atoms with Crippen molar-refractivity contribution in [2.45, 2.75) is 63.7 Å². The molecule has 0 atom stereocenters. The van der Waals surface area contributed by atoms with E-state index in [0.717, 1.165) is 18.4 Å². The minimum absolute atomic E-state index is 0.00795. The van der Waals surface area contributed by atoms with Crippen LogP contribution in [0.3, 0.4) is 0 Å². The van der Waals surface area contributed by atoms with Gasteiger partial charge in [0.1, 0.15) is 0 Å². The minimum Gasteiger partial charge on any atom is -0.339 e. The number of alkyl halides is 2. The zero-order valence-electron chi connectivity index (χ0n) is 19.1. The zero-order chi connectivity index (χ0) is 24.8. The highest BCUT2D eigenvalue weighted by Gasteiger charge is 2.30. The molecule has 2 heterocycles. The lowest BCUT2D eigenvalue weighted by atomic mass is 10.1. The smallest absolute Gasteiger partial charge is 0.300 e. The third-order valence-electron chi connectivity index (χ3n) is 5.65. The lowest BCUT2D eigenvalue weighted by Crippen LogP contribution is -2.31. The number of nitrogens with zero attached hydrogens (tertiary/aromatic N) is 5. The van der Waals surface area contributed by atoms with Crippen molar-refractivity contribution in [3.05, 3.63) is 54.3 Å². The maximum Gasteiger partial charge on any atom is 0.300 e. The lowest BCUT2D eigenvalue weighted by Gasteiger charge is -2.23. The van der Waals surface area contributed by atoms with E-state index < -0.39 is 18.1 Å². The van der Waals surface area contributed by atoms with Crippen molar-refractivity contribution in [1.29, 1.82) is 0 Å². The molecule has 0 spiro atoms. The normalized spacial score (nSPS) is 13.4. The van der Waals surface area contributed by atoms with Gasteiger partial charge in [0.25, 0.3) is 0 Å². The molecule has 0 unspecified atom stereocenters. The summed E-state index contributed by atoms with van der Waals surface area (Å²) in [6.07, 6.45) is 1.59. The Hall–Kier alpha value is -3.50. The summed E-state index contributed by atoms with van der Waals surface area (Å²) in [6.45, 7) is 3.63. The zero-order valence-corrected chi connectivity index (χ0v) is 19.1. The predicted molar refractivity (Wildman–Crippen MR) is 120 cm³/mol. The second-order valence-corrected chi connectivity index (χ2v) is 8.50. The molecule has 1 fully saturated rings. The van der Waals surface area contributed by atoms with Gasteiger partial charge in [-0.2, -0.15) is 9.97 Å². The molecule has 1 amide bonds. The van der Waals surface area contributed by atoms with Gasteiger partial charge in [-0.1, -0.05) is 35.4 Å². The van der Waals surface area contributed by atoms with Gasteiger partial charge in [0.05, 0.1) is 5.83 Å². The number of hydrogen-bond acceptors (Lipinski definition) is 7. The summed E-state index contributed by atoms with van der Waals surface area (Å²) in [5, 5.41) is 7.31. The third kappa shape index (κ3) is 6.77. The van der Waals surface area contributed by atoms with Crippen LogP contribution in [-0.2, 0) is 11.2 Å². The van der Waals surface area contributed by atoms with Gasteiger partial charge in [0.2, 0.25) is 29.3 Å². The Morgan fingerprint density at radius 2 is 1.94 bits per heavy atom. The summed E-state index contributed by atoms with van der Waals surface area (Å²) in [5.41, 5.74) is 1.37. The maximum atomic E-state index is 13.2. The highest BCUT2D eigenvalue weighted by atomic mass is 19.3. The minimum atomic E-state index is -2.77. The van der Waals surface area contributed by atoms with E-state index >= 15 is 0 Å². The molecule has 4 rings (SSSR count). The molecule has 35 heavy (non-hydrogen) atoms. The van der Waals surface area contributed by atoms with Gasteiger partial charge in [0.15, 0.2) is 0 Å². The third-order valence-corrected chi connectivity index (χ3v) is 5.65. The van der Waals surface area contributed by atoms with Crippen LogP contribution >= 0.6 is 0 Å². The summed E-state index contributed by atoms with van der Waals surface area (Å²) >= 11 is 0. The number of hydrogen-bond donors (Lipinski definition) is 0. The standard InChI is InChI=1S/C24H26F3N5O3/c1-15(25)9-12-20(33)32(13-4-2-3-8-19-28-23(21(26)27)31-34-19)18-7-5-6-17(14-18)22-29-24(35-30-22)16-10-11-16/h5-7,14,16,21H,1-4,8-13H2. The summed E-state index contributed by atoms with van der Waals surface area (Å²) < 4.78 is 48.5. The molecule has 2 aromatic heterocycles. The second-order valence-electron chi connectivity index (χ2n) is 8.50. The Kier molecular flexibility index (Phi) is 7.94. The number of anilines is 1. The van der Waals surface area contributed by atoms with E-state index in [4.69, 9.17) is 9.05 Å². The Balaban J connectivity index is 1.39. The number of rotatable bonds is 13. The largest absolute Gasteiger partial charge is 0.339 e. The molecule has 1 aliphatic carbocycles. The fourth-order valence-corrected chi connectivity index (χ4v) is 3.62. The number of carbonyl (C=O) groups is 1. The number of aromatic nitrogens is 4. The first kappa shape index (κ1) is 24.6. The Labute approximate surface area is 200 Å². The first-order valence-electron chi connectivity index (χ1n) is 11.6. The fourth-order valence-electron chi connectivity index (χ4n) is 3.62. The SMILES string of the molecule is C=C(F)CCC(=O)N(CCCCCc1nc(C(F)F)no1)c1cccc(-c2noc(C3CC3)n2)c1. The van der Waals surface area contributed by atoms with Crippen LogP contribution in [0, 0.1) is 0 Å². The summed E-state index contributed by atoms with van der Waals surface area (Å²) in [6, 6.07) is 7.27. The highest BCUT2D eigenvalue weighted by molar-refractivity contribution is 5.94. The van der Waals surface area contributed by atoms with Crippen molar-refractivity contribution in [3.63, 3.8) is 0 Å². The topological polar surface area (TPSA) is 98.2 Å². The van der Waals surface area contributed by atoms with Crippen molar-refractivity contribution in [2.75, 3.05) is 11.4 Å². The van der Waals surface area contributed by atoms with Gasteiger partial charge < -0.3 is 13.9 Å². The molecule has 1 aromatic carbocycles. The van der Waals surface area contributed by atoms with Crippen molar-refractivity contribution in [1.82, 2.24) is 20.3 Å². The van der Waals surface area contributed by atoms with E-state index in [-0.39, 0.29) is 24.6 Å². The predicted octanol–water partition coefficient (Wildman–Crippen LogP) is 5.94. The van der Waals surface area contributed by atoms with Gasteiger partial charge in [0, 0.05) is 43.0 Å². The first-order chi connectivity index (χ1) is 16.9. The van der Waals surface area contributed by atoms with Gasteiger partial charge >= 0.3 is 6.43 Å². The van der Waals surface area contributed by atoms with E-state index in [1.54, 1.807) is 11.0 Å². The fraction of sp³-hybridized carbons (Fsp3) is 0.458. The van der Waals surface area contributed by atoms with Gasteiger partial charge in [-0.15, -0.1) is 0 Å². The molecule has 0 radical (unpaired) electrons. The Morgan fingerprint density at radius 1 is 1.11 bits per heavy atom. The van der Waals surface area contributed by atoms with E-state index in [0.29, 0.717) is 55.5 Å². The van der Waals surface area contributed by atoms with Gasteiger partial charge in [-0.3, -0.25) is 4.79 Å². The molecule has 11 heteroatoms. The van der Waals surface area contributed by atoms with Crippen LogP contribution in [0.15, 0.2) is 45.7 Å². The molecule has 0 saturated heterocycles. The van der Waals surface area contributed by atoms with E-state index in [2.05, 4.69) is 26.9 Å². The average Bonchev–Trinajstić information content (AvgIpc) is 3.37.